The van der Waals surface area contributed by atoms with Gasteiger partial charge in [-0.05, 0) is 23.8 Å². The highest BCUT2D eigenvalue weighted by atomic mass is 35.5. The number of rotatable bonds is 5. The number of hydrogen-bond donors (Lipinski definition) is 3. The fourth-order valence-corrected chi connectivity index (χ4v) is 2.25. The molecule has 1 aromatic carbocycles. The Morgan fingerprint density at radius 2 is 2.21 bits per heavy atom. The first-order chi connectivity index (χ1) is 11.6. The third kappa shape index (κ3) is 3.29. The van der Waals surface area contributed by atoms with Crippen molar-refractivity contribution in [3.63, 3.8) is 0 Å². The van der Waals surface area contributed by atoms with Crippen LogP contribution in [0.1, 0.15) is 11.7 Å². The number of aliphatic hydroxyl groups is 1. The van der Waals surface area contributed by atoms with Gasteiger partial charge in [-0.3, -0.25) is 0 Å². The lowest BCUT2D eigenvalue weighted by Crippen LogP contribution is -2.16. The molecule has 24 heavy (non-hydrogen) atoms. The molecule has 0 bridgehead atoms. The number of nitrogen functional groups attached to an aromatic ring is 1. The molecule has 0 amide bonds. The highest BCUT2D eigenvalue weighted by Gasteiger charge is 2.14. The van der Waals surface area contributed by atoms with Crippen LogP contribution in [0.4, 0.5) is 15.9 Å². The Bertz CT molecular complexity index is 842. The van der Waals surface area contributed by atoms with Crippen molar-refractivity contribution in [2.45, 2.75) is 6.10 Å². The van der Waals surface area contributed by atoms with Crippen molar-refractivity contribution in [1.82, 2.24) is 19.7 Å². The van der Waals surface area contributed by atoms with Gasteiger partial charge in [0.2, 0.25) is 0 Å². The van der Waals surface area contributed by atoms with Crippen LogP contribution in [-0.2, 0) is 0 Å². The van der Waals surface area contributed by atoms with Gasteiger partial charge in [0.25, 0.3) is 0 Å². The number of nitrogens with zero attached hydrogens (tertiary/aromatic N) is 4. The van der Waals surface area contributed by atoms with Crippen molar-refractivity contribution in [3.8, 4) is 5.82 Å². The van der Waals surface area contributed by atoms with Crippen molar-refractivity contribution >= 4 is 23.1 Å². The predicted molar refractivity (Wildman–Crippen MR) is 88.4 cm³/mol. The summed E-state index contributed by atoms with van der Waals surface area (Å²) in [6.07, 6.45) is 3.69. The van der Waals surface area contributed by atoms with Crippen molar-refractivity contribution in [3.05, 3.63) is 59.4 Å². The molecule has 0 saturated carbocycles. The van der Waals surface area contributed by atoms with Gasteiger partial charge in [-0.2, -0.15) is 5.10 Å². The van der Waals surface area contributed by atoms with Gasteiger partial charge in [0.1, 0.15) is 17.8 Å². The number of benzene rings is 1. The maximum absolute atomic E-state index is 13.5. The molecule has 0 saturated heterocycles. The summed E-state index contributed by atoms with van der Waals surface area (Å²) in [7, 11) is 0. The zero-order valence-electron chi connectivity index (χ0n) is 12.4. The van der Waals surface area contributed by atoms with Gasteiger partial charge in [-0.15, -0.1) is 0 Å². The van der Waals surface area contributed by atoms with Crippen LogP contribution in [0.25, 0.3) is 5.82 Å². The first kappa shape index (κ1) is 16.2. The Morgan fingerprint density at radius 3 is 2.92 bits per heavy atom. The Morgan fingerprint density at radius 1 is 1.38 bits per heavy atom. The molecule has 0 aliphatic heterocycles. The largest absolute Gasteiger partial charge is 0.393 e. The molecular formula is C15H14ClFN6O. The minimum Gasteiger partial charge on any atom is -0.393 e. The van der Waals surface area contributed by atoms with E-state index in [1.54, 1.807) is 24.5 Å². The van der Waals surface area contributed by atoms with Gasteiger partial charge < -0.3 is 16.2 Å². The van der Waals surface area contributed by atoms with E-state index < -0.39 is 11.9 Å². The standard InChI is InChI=1S/C15H14ClFN6O/c16-10-3-2-9(6-11(10)17)12(24)7-19-14-13(18)15(21-8-20-14)23-5-1-4-22-23/h1-6,8,12,24H,7,18H2,(H,19,20,21). The maximum Gasteiger partial charge on any atom is 0.181 e. The first-order valence-corrected chi connectivity index (χ1v) is 7.41. The molecule has 0 aliphatic carbocycles. The second kappa shape index (κ2) is 6.81. The van der Waals surface area contributed by atoms with Gasteiger partial charge >= 0.3 is 0 Å². The van der Waals surface area contributed by atoms with E-state index in [2.05, 4.69) is 20.4 Å². The molecule has 0 radical (unpaired) electrons. The predicted octanol–water partition coefficient (Wildman–Crippen LogP) is 2.18. The summed E-state index contributed by atoms with van der Waals surface area (Å²) < 4.78 is 15.0. The minimum absolute atomic E-state index is 0.00261. The number of nitrogens with one attached hydrogen (secondary N) is 1. The average Bonchev–Trinajstić information content (AvgIpc) is 3.10. The Labute approximate surface area is 141 Å². The molecule has 0 spiro atoms. The van der Waals surface area contributed by atoms with Crippen LogP contribution in [0.15, 0.2) is 43.0 Å². The van der Waals surface area contributed by atoms with E-state index in [0.717, 1.165) is 0 Å². The molecule has 4 N–H and O–H groups in total. The summed E-state index contributed by atoms with van der Waals surface area (Å²) >= 11 is 5.63. The van der Waals surface area contributed by atoms with Crippen molar-refractivity contribution in [2.24, 2.45) is 0 Å². The average molecular weight is 349 g/mol. The normalized spacial score (nSPS) is 12.1. The van der Waals surface area contributed by atoms with E-state index >= 15 is 0 Å². The lowest BCUT2D eigenvalue weighted by Gasteiger charge is -2.15. The van der Waals surface area contributed by atoms with Crippen LogP contribution in [0.5, 0.6) is 0 Å². The Balaban J connectivity index is 1.75. The number of nitrogens with two attached hydrogens (primary N) is 1. The summed E-state index contributed by atoms with van der Waals surface area (Å²) in [5.41, 5.74) is 6.72. The third-order valence-corrected chi connectivity index (χ3v) is 3.68. The zero-order chi connectivity index (χ0) is 17.1. The lowest BCUT2D eigenvalue weighted by molar-refractivity contribution is 0.191. The van der Waals surface area contributed by atoms with Crippen LogP contribution < -0.4 is 11.1 Å². The summed E-state index contributed by atoms with van der Waals surface area (Å²) in [5, 5.41) is 17.2. The van der Waals surface area contributed by atoms with Gasteiger partial charge in [0.15, 0.2) is 11.6 Å². The van der Waals surface area contributed by atoms with E-state index in [4.69, 9.17) is 17.3 Å². The third-order valence-electron chi connectivity index (χ3n) is 3.38. The van der Waals surface area contributed by atoms with Crippen molar-refractivity contribution in [1.29, 1.82) is 0 Å². The van der Waals surface area contributed by atoms with Crippen molar-refractivity contribution in [2.75, 3.05) is 17.6 Å². The van der Waals surface area contributed by atoms with E-state index in [1.807, 2.05) is 0 Å². The minimum atomic E-state index is -0.959. The topological polar surface area (TPSA) is 102 Å². The van der Waals surface area contributed by atoms with E-state index in [0.29, 0.717) is 17.2 Å². The molecule has 0 fully saturated rings. The molecule has 2 aromatic heterocycles. The monoisotopic (exact) mass is 348 g/mol. The quantitative estimate of drug-likeness (QED) is 0.653. The SMILES string of the molecule is Nc1c(NCC(O)c2ccc(Cl)c(F)c2)ncnc1-n1cccn1. The summed E-state index contributed by atoms with van der Waals surface area (Å²) in [5.74, 6) is 0.184. The van der Waals surface area contributed by atoms with Crippen LogP contribution in [-0.4, -0.2) is 31.4 Å². The molecule has 9 heteroatoms. The summed E-state index contributed by atoms with van der Waals surface area (Å²) in [6, 6.07) is 5.88. The molecule has 7 nitrogen and oxygen atoms in total. The highest BCUT2D eigenvalue weighted by Crippen LogP contribution is 2.23. The summed E-state index contributed by atoms with van der Waals surface area (Å²) in [6.45, 7) is 0.0842. The maximum atomic E-state index is 13.5. The second-order valence-corrected chi connectivity index (χ2v) is 5.39. The van der Waals surface area contributed by atoms with Crippen LogP contribution in [0.3, 0.4) is 0 Å². The lowest BCUT2D eigenvalue weighted by atomic mass is 10.1. The molecule has 1 atom stereocenters. The van der Waals surface area contributed by atoms with Gasteiger partial charge in [-0.1, -0.05) is 17.7 Å². The molecule has 1 unspecified atom stereocenters. The number of aliphatic hydroxyl groups excluding tert-OH is 1. The molecule has 124 valence electrons. The fraction of sp³-hybridized carbons (Fsp3) is 0.133. The van der Waals surface area contributed by atoms with E-state index in [1.165, 1.54) is 23.1 Å². The highest BCUT2D eigenvalue weighted by molar-refractivity contribution is 6.30. The Kier molecular flexibility index (Phi) is 4.59. The van der Waals surface area contributed by atoms with Gasteiger partial charge in [0.05, 0.1) is 11.1 Å². The van der Waals surface area contributed by atoms with E-state index in [9.17, 15) is 9.50 Å². The first-order valence-electron chi connectivity index (χ1n) is 7.03. The number of aromatic nitrogens is 4. The molecular weight excluding hydrogens is 335 g/mol. The molecule has 2 heterocycles. The van der Waals surface area contributed by atoms with Crippen LogP contribution in [0.2, 0.25) is 5.02 Å². The zero-order valence-corrected chi connectivity index (χ0v) is 13.2. The fourth-order valence-electron chi connectivity index (χ4n) is 2.13. The van der Waals surface area contributed by atoms with Gasteiger partial charge in [-0.25, -0.2) is 19.0 Å². The molecule has 0 aliphatic rings. The summed E-state index contributed by atoms with van der Waals surface area (Å²) in [4.78, 5) is 8.14. The number of halogens is 2. The Hall–Kier alpha value is -2.71. The molecule has 3 aromatic rings. The molecule has 3 rings (SSSR count). The van der Waals surface area contributed by atoms with Crippen LogP contribution in [0, 0.1) is 5.82 Å². The van der Waals surface area contributed by atoms with Crippen molar-refractivity contribution < 1.29 is 9.50 Å². The van der Waals surface area contributed by atoms with Crippen LogP contribution >= 0.6 is 11.6 Å². The number of anilines is 2. The number of hydrogen-bond acceptors (Lipinski definition) is 6. The van der Waals surface area contributed by atoms with E-state index in [-0.39, 0.29) is 17.3 Å². The smallest absolute Gasteiger partial charge is 0.181 e. The van der Waals surface area contributed by atoms with Gasteiger partial charge in [0, 0.05) is 18.9 Å². The second-order valence-electron chi connectivity index (χ2n) is 4.98.